The van der Waals surface area contributed by atoms with E-state index in [2.05, 4.69) is 26.8 Å². The van der Waals surface area contributed by atoms with Gasteiger partial charge in [-0.2, -0.15) is 4.98 Å². The number of aliphatic hydroxyl groups is 1. The van der Waals surface area contributed by atoms with Gasteiger partial charge in [-0.3, -0.25) is 9.09 Å². The van der Waals surface area contributed by atoms with Crippen LogP contribution < -0.4 is 0 Å². The highest BCUT2D eigenvalue weighted by molar-refractivity contribution is 8.06. The van der Waals surface area contributed by atoms with Crippen molar-refractivity contribution in [2.75, 3.05) is 13.7 Å². The second-order valence-corrected chi connectivity index (χ2v) is 7.65. The third-order valence-electron chi connectivity index (χ3n) is 3.61. The number of aromatic nitrogens is 4. The predicted molar refractivity (Wildman–Crippen MR) is 82.4 cm³/mol. The van der Waals surface area contributed by atoms with Crippen LogP contribution in [-0.2, 0) is 25.8 Å². The van der Waals surface area contributed by atoms with E-state index >= 15 is 0 Å². The number of ether oxygens (including phenoxy) is 2. The molecule has 11 nitrogen and oxygen atoms in total. The molecule has 3 rings (SSSR count). The Morgan fingerprint density at radius 2 is 2.08 bits per heavy atom. The Hall–Kier alpha value is -1.24. The van der Waals surface area contributed by atoms with E-state index in [0.29, 0.717) is 0 Å². The smallest absolute Gasteiger partial charge is 0.322 e. The van der Waals surface area contributed by atoms with Gasteiger partial charge in [0.05, 0.1) is 12.9 Å². The van der Waals surface area contributed by atoms with Crippen molar-refractivity contribution >= 4 is 29.7 Å². The lowest BCUT2D eigenvalue weighted by Crippen LogP contribution is -2.36. The molecule has 1 saturated heterocycles. The summed E-state index contributed by atoms with van der Waals surface area (Å²) in [6, 6.07) is 0. The first-order valence-electron chi connectivity index (χ1n) is 6.75. The second kappa shape index (κ2) is 6.58. The summed E-state index contributed by atoms with van der Waals surface area (Å²) in [4.78, 5) is 30.5. The molecule has 3 heterocycles. The maximum atomic E-state index is 9.71. The lowest BCUT2D eigenvalue weighted by molar-refractivity contribution is -0.0583. The second-order valence-electron chi connectivity index (χ2n) is 5.03. The van der Waals surface area contributed by atoms with Crippen molar-refractivity contribution in [1.29, 1.82) is 0 Å². The molecule has 13 heteroatoms. The topological polar surface area (TPSA) is 152 Å². The Kier molecular flexibility index (Phi) is 4.82. The molecule has 0 spiro atoms. The van der Waals surface area contributed by atoms with E-state index in [4.69, 9.17) is 14.0 Å². The maximum Gasteiger partial charge on any atom is 0.322 e. The molecular weight excluding hydrogens is 363 g/mol. The monoisotopic (exact) mass is 378 g/mol. The van der Waals surface area contributed by atoms with Crippen LogP contribution >= 0.6 is 6.72 Å². The number of hydrogen-bond donors (Lipinski definition) is 4. The molecule has 1 fully saturated rings. The van der Waals surface area contributed by atoms with Crippen LogP contribution in [0.4, 0.5) is 0 Å². The third-order valence-corrected chi connectivity index (χ3v) is 4.39. The van der Waals surface area contributed by atoms with Crippen LogP contribution in [0.1, 0.15) is 6.23 Å². The highest BCUT2D eigenvalue weighted by Gasteiger charge is 2.48. The van der Waals surface area contributed by atoms with E-state index in [1.165, 1.54) is 18.0 Å². The van der Waals surface area contributed by atoms with Crippen LogP contribution in [0.5, 0.6) is 5.88 Å². The average Bonchev–Trinajstić information content (AvgIpc) is 3.07. The fourth-order valence-electron chi connectivity index (χ4n) is 2.64. The molecule has 132 valence electrons. The molecule has 4 N–H and O–H groups in total. The van der Waals surface area contributed by atoms with Crippen LogP contribution in [0.15, 0.2) is 12.7 Å². The Morgan fingerprint density at radius 3 is 2.71 bits per heavy atom. The van der Waals surface area contributed by atoms with E-state index in [9.17, 15) is 20.0 Å². The van der Waals surface area contributed by atoms with Crippen molar-refractivity contribution in [3.63, 3.8) is 0 Å². The highest BCUT2D eigenvalue weighted by atomic mass is 32.5. The van der Waals surface area contributed by atoms with Crippen LogP contribution in [0.25, 0.3) is 11.2 Å². The lowest BCUT2D eigenvalue weighted by Gasteiger charge is -2.24. The molecule has 4 atom stereocenters. The Labute approximate surface area is 140 Å². The van der Waals surface area contributed by atoms with Gasteiger partial charge in [0.1, 0.15) is 24.6 Å². The molecule has 0 radical (unpaired) electrons. The van der Waals surface area contributed by atoms with Crippen LogP contribution in [0.2, 0.25) is 0 Å². The minimum Gasteiger partial charge on any atom is -0.492 e. The Bertz CT molecular complexity index is 783. The van der Waals surface area contributed by atoms with Gasteiger partial charge in [-0.05, 0) is 11.8 Å². The highest BCUT2D eigenvalue weighted by Crippen LogP contribution is 2.45. The first-order chi connectivity index (χ1) is 11.4. The van der Waals surface area contributed by atoms with Crippen molar-refractivity contribution < 1.29 is 34.0 Å². The molecular formula is C11H15N4O7PS. The SMILES string of the molecule is CO[C@@H]1[C@H](OP(O)(O)=S)[C@@H](CO)O[C@H]1n1cnc2c(O)ncnc21. The van der Waals surface area contributed by atoms with E-state index in [-0.39, 0.29) is 17.0 Å². The lowest BCUT2D eigenvalue weighted by atomic mass is 10.1. The van der Waals surface area contributed by atoms with Crippen LogP contribution in [0.3, 0.4) is 0 Å². The summed E-state index contributed by atoms with van der Waals surface area (Å²) in [5, 5.41) is 19.2. The summed E-state index contributed by atoms with van der Waals surface area (Å²) < 4.78 is 17.6. The fourth-order valence-corrected chi connectivity index (χ4v) is 3.51. The van der Waals surface area contributed by atoms with Gasteiger partial charge < -0.3 is 29.5 Å². The number of methoxy groups -OCH3 is 1. The first-order valence-corrected chi connectivity index (χ1v) is 9.38. The predicted octanol–water partition coefficient (Wildman–Crippen LogP) is -0.969. The molecule has 0 aliphatic carbocycles. The van der Waals surface area contributed by atoms with Crippen LogP contribution in [0, 0.1) is 0 Å². The normalized spacial score (nSPS) is 27.8. The summed E-state index contributed by atoms with van der Waals surface area (Å²) in [5.74, 6) is -0.293. The van der Waals surface area contributed by atoms with Crippen molar-refractivity contribution in [3.8, 4) is 5.88 Å². The van der Waals surface area contributed by atoms with E-state index in [0.717, 1.165) is 6.33 Å². The number of aliphatic hydroxyl groups excluding tert-OH is 1. The van der Waals surface area contributed by atoms with Gasteiger partial charge in [-0.1, -0.05) is 0 Å². The van der Waals surface area contributed by atoms with Gasteiger partial charge in [-0.15, -0.1) is 0 Å². The minimum absolute atomic E-state index is 0.162. The zero-order chi connectivity index (χ0) is 17.5. The molecule has 0 saturated carbocycles. The number of hydrogen-bond acceptors (Lipinski definition) is 9. The number of nitrogens with zero attached hydrogens (tertiary/aromatic N) is 4. The molecule has 1 aliphatic rings. The Balaban J connectivity index is 2.00. The quantitative estimate of drug-likeness (QED) is 0.475. The third kappa shape index (κ3) is 3.15. The van der Waals surface area contributed by atoms with Crippen molar-refractivity contribution in [2.45, 2.75) is 24.5 Å². The molecule has 0 aromatic carbocycles. The van der Waals surface area contributed by atoms with Gasteiger partial charge in [-0.25, -0.2) is 9.97 Å². The fraction of sp³-hybridized carbons (Fsp3) is 0.545. The zero-order valence-corrected chi connectivity index (χ0v) is 14.0. The van der Waals surface area contributed by atoms with E-state index < -0.39 is 37.9 Å². The number of imidazole rings is 1. The van der Waals surface area contributed by atoms with Crippen LogP contribution in [-0.4, -0.2) is 71.5 Å². The molecule has 1 aliphatic heterocycles. The minimum atomic E-state index is -4.00. The molecule has 0 bridgehead atoms. The number of rotatable bonds is 5. The molecule has 2 aromatic heterocycles. The summed E-state index contributed by atoms with van der Waals surface area (Å²) in [6.45, 7) is -4.46. The van der Waals surface area contributed by atoms with Gasteiger partial charge in [0.2, 0.25) is 5.88 Å². The molecule has 24 heavy (non-hydrogen) atoms. The maximum absolute atomic E-state index is 9.71. The van der Waals surface area contributed by atoms with Gasteiger partial charge in [0.25, 0.3) is 0 Å². The number of aromatic hydroxyl groups is 1. The summed E-state index contributed by atoms with van der Waals surface area (Å²) in [5.41, 5.74) is 0.439. The van der Waals surface area contributed by atoms with Gasteiger partial charge >= 0.3 is 6.72 Å². The van der Waals surface area contributed by atoms with Crippen molar-refractivity contribution in [3.05, 3.63) is 12.7 Å². The van der Waals surface area contributed by atoms with E-state index in [1.54, 1.807) is 0 Å². The Morgan fingerprint density at radius 1 is 1.33 bits per heavy atom. The summed E-state index contributed by atoms with van der Waals surface area (Å²) >= 11 is 4.49. The first kappa shape index (κ1) is 17.6. The van der Waals surface area contributed by atoms with Crippen molar-refractivity contribution in [1.82, 2.24) is 19.5 Å². The molecule has 2 aromatic rings. The van der Waals surface area contributed by atoms with E-state index in [1.807, 2.05) is 0 Å². The van der Waals surface area contributed by atoms with Gasteiger partial charge in [0, 0.05) is 7.11 Å². The summed E-state index contributed by atoms with van der Waals surface area (Å²) in [7, 11) is 1.38. The molecule has 0 unspecified atom stereocenters. The standard InChI is InChI=1S/C11H15N4O7PS/c1-20-8-7(22-23(18,19)24)5(2-16)21-11(8)15-4-14-6-9(15)12-3-13-10(6)17/h3-5,7-8,11,16H,2H2,1H3,(H,12,13,17)(H2,18,19,24)/t5-,7-,8-,11-/m1/s1. The average molecular weight is 378 g/mol. The number of fused-ring (bicyclic) bond motifs is 1. The van der Waals surface area contributed by atoms with Crippen molar-refractivity contribution in [2.24, 2.45) is 0 Å². The summed E-state index contributed by atoms with van der Waals surface area (Å²) in [6.07, 6.45) is -1.09. The largest absolute Gasteiger partial charge is 0.492 e. The molecule has 0 amide bonds. The van der Waals surface area contributed by atoms with Gasteiger partial charge in [0.15, 0.2) is 17.4 Å². The zero-order valence-electron chi connectivity index (χ0n) is 12.3.